The molecule has 3 rings (SSSR count). The topological polar surface area (TPSA) is 86.8 Å². The van der Waals surface area contributed by atoms with Gasteiger partial charge in [0, 0.05) is 35.1 Å². The molecular weight excluding hydrogens is 552 g/mol. The third-order valence-electron chi connectivity index (χ3n) is 5.79. The Bertz CT molecular complexity index is 1370. The average molecular weight is 581 g/mol. The monoisotopic (exact) mass is 579 g/mol. The van der Waals surface area contributed by atoms with Gasteiger partial charge >= 0.3 is 0 Å². The molecule has 11 heteroatoms. The van der Waals surface area contributed by atoms with Gasteiger partial charge in [-0.1, -0.05) is 65.7 Å². The molecule has 0 fully saturated rings. The summed E-state index contributed by atoms with van der Waals surface area (Å²) in [6.07, 6.45) is 1.07. The molecule has 0 spiro atoms. The summed E-state index contributed by atoms with van der Waals surface area (Å²) in [4.78, 5) is 28.5. The zero-order valence-electron chi connectivity index (χ0n) is 20.9. The van der Waals surface area contributed by atoms with Crippen molar-refractivity contribution in [3.8, 4) is 0 Å². The Morgan fingerprint density at radius 3 is 2.18 bits per heavy atom. The van der Waals surface area contributed by atoms with E-state index in [4.69, 9.17) is 23.2 Å². The van der Waals surface area contributed by atoms with Crippen LogP contribution in [0.3, 0.4) is 0 Å². The van der Waals surface area contributed by atoms with Gasteiger partial charge < -0.3 is 10.2 Å². The number of amides is 2. The number of nitrogens with zero attached hydrogens (tertiary/aromatic N) is 2. The van der Waals surface area contributed by atoms with E-state index in [0.717, 1.165) is 22.2 Å². The Morgan fingerprint density at radius 1 is 0.974 bits per heavy atom. The minimum atomic E-state index is -4.00. The van der Waals surface area contributed by atoms with E-state index in [2.05, 4.69) is 5.32 Å². The average Bonchev–Trinajstić information content (AvgIpc) is 2.86. The van der Waals surface area contributed by atoms with Gasteiger partial charge in [0.2, 0.25) is 21.8 Å². The number of nitrogens with one attached hydrogen (secondary N) is 1. The maximum Gasteiger partial charge on any atom is 0.244 e. The lowest BCUT2D eigenvalue weighted by Gasteiger charge is -2.33. The predicted molar refractivity (Wildman–Crippen MR) is 148 cm³/mol. The first-order valence-corrected chi connectivity index (χ1v) is 14.4. The van der Waals surface area contributed by atoms with Crippen LogP contribution in [0, 0.1) is 5.82 Å². The summed E-state index contributed by atoms with van der Waals surface area (Å²) in [5.74, 6) is -1.78. The summed E-state index contributed by atoms with van der Waals surface area (Å²) in [5, 5.41) is 3.33. The van der Waals surface area contributed by atoms with E-state index in [1.54, 1.807) is 25.1 Å². The molecule has 0 bridgehead atoms. The first-order chi connectivity index (χ1) is 18.0. The Hall–Kier alpha value is -3.14. The van der Waals surface area contributed by atoms with Crippen molar-refractivity contribution in [1.82, 2.24) is 10.2 Å². The predicted octanol–water partition coefficient (Wildman–Crippen LogP) is 4.67. The molecule has 38 heavy (non-hydrogen) atoms. The second-order valence-corrected chi connectivity index (χ2v) is 11.3. The van der Waals surface area contributed by atoms with Gasteiger partial charge in [0.05, 0.1) is 11.9 Å². The quantitative estimate of drug-likeness (QED) is 0.357. The maximum absolute atomic E-state index is 14.0. The molecule has 0 saturated heterocycles. The van der Waals surface area contributed by atoms with Gasteiger partial charge in [0.1, 0.15) is 18.4 Å². The van der Waals surface area contributed by atoms with E-state index in [1.807, 2.05) is 30.3 Å². The SMILES string of the molecule is CCNC(=O)C(Cc1ccccc1)N(Cc1c(Cl)cccc1Cl)C(=O)CN(c1cccc(F)c1)S(C)(=O)=O. The molecule has 0 aliphatic carbocycles. The fourth-order valence-corrected chi connectivity index (χ4v) is 5.30. The molecule has 202 valence electrons. The van der Waals surface area contributed by atoms with Gasteiger partial charge in [-0.05, 0) is 42.8 Å². The van der Waals surface area contributed by atoms with Crippen molar-refractivity contribution in [1.29, 1.82) is 0 Å². The molecule has 1 atom stereocenters. The van der Waals surface area contributed by atoms with Crippen LogP contribution in [-0.2, 0) is 32.6 Å². The van der Waals surface area contributed by atoms with Gasteiger partial charge in [-0.3, -0.25) is 13.9 Å². The number of likely N-dealkylation sites (N-methyl/N-ethyl adjacent to an activating group) is 1. The van der Waals surface area contributed by atoms with Crippen molar-refractivity contribution in [2.75, 3.05) is 23.7 Å². The number of hydrogen-bond donors (Lipinski definition) is 1. The molecule has 0 aliphatic heterocycles. The van der Waals surface area contributed by atoms with Crippen LogP contribution in [0.5, 0.6) is 0 Å². The number of rotatable bonds is 11. The molecule has 3 aromatic rings. The third-order valence-corrected chi connectivity index (χ3v) is 7.64. The summed E-state index contributed by atoms with van der Waals surface area (Å²) in [6, 6.07) is 17.9. The Kier molecular flexibility index (Phi) is 10.1. The third kappa shape index (κ3) is 7.69. The zero-order chi connectivity index (χ0) is 27.9. The van der Waals surface area contributed by atoms with Crippen LogP contribution in [0.4, 0.5) is 10.1 Å². The van der Waals surface area contributed by atoms with E-state index in [0.29, 0.717) is 12.1 Å². The smallest absolute Gasteiger partial charge is 0.244 e. The molecule has 0 aromatic heterocycles. The Balaban J connectivity index is 2.09. The fraction of sp³-hybridized carbons (Fsp3) is 0.259. The largest absolute Gasteiger partial charge is 0.355 e. The van der Waals surface area contributed by atoms with Crippen LogP contribution < -0.4 is 9.62 Å². The summed E-state index contributed by atoms with van der Waals surface area (Å²) in [7, 11) is -4.00. The van der Waals surface area contributed by atoms with E-state index in [1.165, 1.54) is 23.1 Å². The molecule has 2 amide bonds. The lowest BCUT2D eigenvalue weighted by atomic mass is 10.0. The van der Waals surface area contributed by atoms with Crippen LogP contribution in [-0.4, -0.2) is 50.5 Å². The van der Waals surface area contributed by atoms with Crippen LogP contribution in [0.25, 0.3) is 0 Å². The lowest BCUT2D eigenvalue weighted by molar-refractivity contribution is -0.140. The number of hydrogen-bond acceptors (Lipinski definition) is 4. The minimum absolute atomic E-state index is 0.0193. The van der Waals surface area contributed by atoms with E-state index >= 15 is 0 Å². The van der Waals surface area contributed by atoms with Crippen molar-refractivity contribution < 1.29 is 22.4 Å². The number of carbonyl (C=O) groups is 2. The molecule has 0 heterocycles. The van der Waals surface area contributed by atoms with E-state index in [-0.39, 0.29) is 28.7 Å². The van der Waals surface area contributed by atoms with Crippen LogP contribution in [0.2, 0.25) is 10.0 Å². The zero-order valence-corrected chi connectivity index (χ0v) is 23.2. The Morgan fingerprint density at radius 2 is 1.61 bits per heavy atom. The highest BCUT2D eigenvalue weighted by Crippen LogP contribution is 2.28. The van der Waals surface area contributed by atoms with Crippen LogP contribution in [0.1, 0.15) is 18.1 Å². The van der Waals surface area contributed by atoms with Crippen LogP contribution >= 0.6 is 23.2 Å². The molecule has 0 aliphatic rings. The van der Waals surface area contributed by atoms with E-state index < -0.39 is 40.2 Å². The van der Waals surface area contributed by atoms with Crippen molar-refractivity contribution >= 4 is 50.7 Å². The molecule has 1 N–H and O–H groups in total. The molecular formula is C27H28Cl2FN3O4S. The van der Waals surface area contributed by atoms with Gasteiger partial charge in [-0.25, -0.2) is 12.8 Å². The number of carbonyl (C=O) groups excluding carboxylic acids is 2. The van der Waals surface area contributed by atoms with Crippen molar-refractivity contribution in [2.45, 2.75) is 25.9 Å². The van der Waals surface area contributed by atoms with Crippen LogP contribution in [0.15, 0.2) is 72.8 Å². The number of anilines is 1. The van der Waals surface area contributed by atoms with Crippen molar-refractivity contribution in [3.63, 3.8) is 0 Å². The van der Waals surface area contributed by atoms with E-state index in [9.17, 15) is 22.4 Å². The summed E-state index contributed by atoms with van der Waals surface area (Å²) < 4.78 is 40.1. The fourth-order valence-electron chi connectivity index (χ4n) is 3.94. The molecule has 0 saturated carbocycles. The maximum atomic E-state index is 14.0. The van der Waals surface area contributed by atoms with Gasteiger partial charge in [0.15, 0.2) is 0 Å². The second-order valence-electron chi connectivity index (χ2n) is 8.57. The van der Waals surface area contributed by atoms with Gasteiger partial charge in [-0.15, -0.1) is 0 Å². The highest BCUT2D eigenvalue weighted by molar-refractivity contribution is 7.92. The summed E-state index contributed by atoms with van der Waals surface area (Å²) in [5.41, 5.74) is 1.18. The van der Waals surface area contributed by atoms with Crippen molar-refractivity contribution in [2.24, 2.45) is 0 Å². The van der Waals surface area contributed by atoms with Gasteiger partial charge in [0.25, 0.3) is 0 Å². The van der Waals surface area contributed by atoms with Crippen molar-refractivity contribution in [3.05, 3.63) is 99.8 Å². The highest BCUT2D eigenvalue weighted by Gasteiger charge is 2.33. The molecule has 0 radical (unpaired) electrons. The number of benzene rings is 3. The lowest BCUT2D eigenvalue weighted by Crippen LogP contribution is -2.53. The number of halogens is 3. The summed E-state index contributed by atoms with van der Waals surface area (Å²) in [6.45, 7) is 1.24. The first kappa shape index (κ1) is 29.4. The second kappa shape index (κ2) is 13.1. The summed E-state index contributed by atoms with van der Waals surface area (Å²) >= 11 is 12.8. The molecule has 3 aromatic carbocycles. The first-order valence-electron chi connectivity index (χ1n) is 11.8. The highest BCUT2D eigenvalue weighted by atomic mass is 35.5. The standard InChI is InChI=1S/C27H28Cl2FN3O4S/c1-3-31-27(35)25(15-19-9-5-4-6-10-19)32(17-22-23(28)13-8-14-24(22)29)26(34)18-33(38(2,36)37)21-12-7-11-20(30)16-21/h4-14,16,25H,3,15,17-18H2,1-2H3,(H,31,35). The molecule has 7 nitrogen and oxygen atoms in total. The van der Waals surface area contributed by atoms with Gasteiger partial charge in [-0.2, -0.15) is 0 Å². The number of sulfonamides is 1. The Labute approximate surface area is 232 Å². The minimum Gasteiger partial charge on any atom is -0.355 e. The normalized spacial score (nSPS) is 12.0. The molecule has 1 unspecified atom stereocenters.